The summed E-state index contributed by atoms with van der Waals surface area (Å²) >= 11 is 19.1. The van der Waals surface area contributed by atoms with E-state index in [1.807, 2.05) is 101 Å². The number of hydrogen-bond acceptors (Lipinski definition) is 4. The van der Waals surface area contributed by atoms with Crippen LogP contribution in [-0.4, -0.2) is 40.8 Å². The lowest BCUT2D eigenvalue weighted by atomic mass is 9.77. The van der Waals surface area contributed by atoms with Crippen LogP contribution in [0.3, 0.4) is 0 Å². The molecule has 6 nitrogen and oxygen atoms in total. The van der Waals surface area contributed by atoms with Gasteiger partial charge in [0.2, 0.25) is 0 Å². The molecule has 7 aromatic rings. The lowest BCUT2D eigenvalue weighted by Crippen LogP contribution is -2.25. The summed E-state index contributed by atoms with van der Waals surface area (Å²) in [5.41, 5.74) is 10.8. The van der Waals surface area contributed by atoms with Gasteiger partial charge in [0.25, 0.3) is 0 Å². The summed E-state index contributed by atoms with van der Waals surface area (Å²) in [5.74, 6) is -2.48. The molecule has 0 spiro atoms. The van der Waals surface area contributed by atoms with Crippen LogP contribution in [0.25, 0.3) is 54.9 Å². The Morgan fingerprint density at radius 3 is 1.30 bits per heavy atom. The van der Waals surface area contributed by atoms with Crippen molar-refractivity contribution >= 4 is 85.6 Å². The second-order valence-corrected chi connectivity index (χ2v) is 20.6. The van der Waals surface area contributed by atoms with Crippen LogP contribution in [0.4, 0.5) is 5.69 Å². The van der Waals surface area contributed by atoms with Crippen LogP contribution < -0.4 is 15.0 Å². The zero-order chi connectivity index (χ0) is 49.4. The third-order valence-electron chi connectivity index (χ3n) is 12.3. The number of aromatic carboxylic acids is 2. The molecule has 1 saturated heterocycles. The number of aromatic nitrogens is 1. The van der Waals surface area contributed by atoms with E-state index in [1.165, 1.54) is 31.6 Å². The summed E-state index contributed by atoms with van der Waals surface area (Å²) in [4.78, 5) is 32.8. The summed E-state index contributed by atoms with van der Waals surface area (Å²) in [7, 11) is 0. The highest BCUT2D eigenvalue weighted by atomic mass is 35.5. The highest BCUT2D eigenvalue weighted by Gasteiger charge is 2.29. The van der Waals surface area contributed by atoms with Gasteiger partial charge in [-0.15, -0.1) is 46.4 Å². The second-order valence-electron chi connectivity index (χ2n) is 19.0. The number of carbonyl (C=O) groups is 2. The average Bonchev–Trinajstić information content (AvgIpc) is 3.81. The molecule has 1 aliphatic heterocycles. The third-order valence-corrected chi connectivity index (χ3v) is 12.3. The van der Waals surface area contributed by atoms with E-state index in [1.54, 1.807) is 0 Å². The van der Waals surface area contributed by atoms with Crippen molar-refractivity contribution in [2.75, 3.05) is 28.7 Å². The van der Waals surface area contributed by atoms with E-state index in [9.17, 15) is 19.8 Å². The number of hydrogen-bond donors (Lipinski definition) is 1. The molecule has 0 bridgehead atoms. The smallest absolute Gasteiger partial charge is 0.336 e. The number of fused-ring (bicyclic) bond motifs is 2. The molecule has 1 aliphatic rings. The number of carbonyl (C=O) groups excluding carboxylic acids is 1. The van der Waals surface area contributed by atoms with Crippen molar-refractivity contribution in [1.29, 1.82) is 0 Å². The number of alkyl halides is 4. The Labute approximate surface area is 416 Å². The number of H-pyrrole nitrogens is 1. The number of nitrogens with one attached hydrogen (secondary N) is 1. The Morgan fingerprint density at radius 2 is 0.940 bits per heavy atom. The summed E-state index contributed by atoms with van der Waals surface area (Å²) in [6.07, 6.45) is 6.65. The number of pyridine rings is 1. The monoisotopic (exact) mass is 978 g/mol. The van der Waals surface area contributed by atoms with Crippen molar-refractivity contribution in [3.05, 3.63) is 154 Å². The first-order valence-corrected chi connectivity index (χ1v) is 24.6. The number of rotatable bonds is 6. The normalized spacial score (nSPS) is 12.4. The van der Waals surface area contributed by atoms with Gasteiger partial charge in [-0.3, -0.25) is 0 Å². The van der Waals surface area contributed by atoms with Crippen LogP contribution in [0.5, 0.6) is 0 Å². The van der Waals surface area contributed by atoms with Crippen LogP contribution in [0, 0.1) is 27.7 Å². The number of halogens is 4. The van der Waals surface area contributed by atoms with Crippen molar-refractivity contribution in [3.63, 3.8) is 0 Å². The van der Waals surface area contributed by atoms with Crippen LogP contribution in [0.2, 0.25) is 0 Å². The molecule has 2 heterocycles. The van der Waals surface area contributed by atoms with Gasteiger partial charge in [0.1, 0.15) is 0 Å². The van der Waals surface area contributed by atoms with Crippen molar-refractivity contribution in [3.8, 4) is 33.4 Å². The van der Waals surface area contributed by atoms with E-state index in [2.05, 4.69) is 87.8 Å². The average molecular weight is 981 g/mol. The molecule has 8 rings (SSSR count). The Kier molecular flexibility index (Phi) is 18.0. The molecule has 1 aromatic heterocycles. The van der Waals surface area contributed by atoms with Gasteiger partial charge in [0, 0.05) is 47.6 Å². The molecule has 0 aliphatic carbocycles. The molecule has 0 radical (unpaired) electrons. The van der Waals surface area contributed by atoms with Crippen molar-refractivity contribution < 1.29 is 24.8 Å². The number of aryl methyl sites for hydroxylation is 4. The first-order chi connectivity index (χ1) is 31.7. The maximum absolute atomic E-state index is 13.7. The van der Waals surface area contributed by atoms with Crippen LogP contribution in [0.15, 0.2) is 109 Å². The quantitative estimate of drug-likeness (QED) is 0.168. The maximum atomic E-state index is 13.7. The number of nitrogens with zero attached hydrogens (tertiary/aromatic N) is 1. The van der Waals surface area contributed by atoms with Gasteiger partial charge in [-0.1, -0.05) is 114 Å². The topological polar surface area (TPSA) is 94.8 Å². The number of benzene rings is 6. The van der Waals surface area contributed by atoms with Crippen molar-refractivity contribution in [1.82, 2.24) is 0 Å². The van der Waals surface area contributed by atoms with Crippen molar-refractivity contribution in [2.24, 2.45) is 0 Å². The highest BCUT2D eigenvalue weighted by molar-refractivity contribution is 6.41. The standard InChI is InChI=1S/C46H46O4.C9H12N2.2CH2Cl2/c1-25-19-31(45(5,6)7)20-26(2)37(25)35-23-29-15-11-13-17-33(29)39(41(35)43(47)48)40-34-18-14-12-16-30(34)24-36(42(40)44(49)50)38-27(3)21-32(22-28(38)4)46(8,9)10;1-2-8-11(7-1)9-3-5-10-6-4-9;2*2-1-3/h11-24H,1-10H3,(H,47,48)(H,49,50);3-6H,1-2,7-8H2;2*1H2. The first kappa shape index (κ1) is 52.9. The van der Waals surface area contributed by atoms with Gasteiger partial charge in [-0.2, -0.15) is 0 Å². The van der Waals surface area contributed by atoms with Gasteiger partial charge < -0.3 is 19.9 Å². The lowest BCUT2D eigenvalue weighted by molar-refractivity contribution is -0.377. The predicted molar refractivity (Wildman–Crippen MR) is 283 cm³/mol. The molecular weight excluding hydrogens is 918 g/mol. The lowest BCUT2D eigenvalue weighted by Gasteiger charge is -2.27. The molecule has 10 heteroatoms. The van der Waals surface area contributed by atoms with E-state index in [-0.39, 0.29) is 32.6 Å². The highest BCUT2D eigenvalue weighted by Crippen LogP contribution is 2.48. The van der Waals surface area contributed by atoms with Gasteiger partial charge in [-0.25, -0.2) is 9.78 Å². The zero-order valence-electron chi connectivity index (χ0n) is 40.3. The maximum Gasteiger partial charge on any atom is 0.336 e. The number of carboxylic acids is 2. The molecule has 1 fully saturated rings. The molecule has 67 heavy (non-hydrogen) atoms. The molecular formula is C57H62Cl4N2O4. The minimum absolute atomic E-state index is 0.0141. The van der Waals surface area contributed by atoms with E-state index in [0.29, 0.717) is 33.0 Å². The fourth-order valence-electron chi connectivity index (χ4n) is 9.25. The molecule has 6 aromatic carbocycles. The van der Waals surface area contributed by atoms with Gasteiger partial charge in [0.15, 0.2) is 12.4 Å². The molecule has 2 N–H and O–H groups in total. The summed E-state index contributed by atoms with van der Waals surface area (Å²) in [6, 6.07) is 31.9. The van der Waals surface area contributed by atoms with Crippen molar-refractivity contribution in [2.45, 2.75) is 92.9 Å². The van der Waals surface area contributed by atoms with Gasteiger partial charge in [-0.05, 0) is 141 Å². The Bertz CT molecular complexity index is 2660. The fourth-order valence-corrected chi connectivity index (χ4v) is 9.25. The predicted octanol–water partition coefficient (Wildman–Crippen LogP) is 14.8. The van der Waals surface area contributed by atoms with Gasteiger partial charge in [0.05, 0.1) is 22.2 Å². The molecule has 0 atom stereocenters. The third kappa shape index (κ3) is 12.1. The number of anilines is 1. The minimum Gasteiger partial charge on any atom is -0.545 e. The summed E-state index contributed by atoms with van der Waals surface area (Å²) < 4.78 is 0. The summed E-state index contributed by atoms with van der Waals surface area (Å²) in [6.45, 7) is 23.5. The molecule has 0 unspecified atom stereocenters. The zero-order valence-corrected chi connectivity index (χ0v) is 43.3. The SMILES string of the molecule is Cc1cc(C(C)(C)C)cc(C)c1-c1cc2ccccc2c(-c2c(C(=O)O)c(-c3c(C)cc(C(C)(C)C)cc3C)cc3ccccc23)c1C(=O)[O-].ClCCl.ClCCl.c1cc(N2CCCC2)cc[nH+]1. The Balaban J connectivity index is 0.000000416. The van der Waals surface area contributed by atoms with E-state index >= 15 is 0 Å². The fraction of sp³-hybridized carbons (Fsp3) is 0.316. The first-order valence-electron chi connectivity index (χ1n) is 22.5. The molecule has 0 amide bonds. The van der Waals surface area contributed by atoms with Crippen LogP contribution in [0.1, 0.15) is 108 Å². The summed E-state index contributed by atoms with van der Waals surface area (Å²) in [5, 5.41) is 28.2. The van der Waals surface area contributed by atoms with Crippen LogP contribution >= 0.6 is 46.4 Å². The van der Waals surface area contributed by atoms with Gasteiger partial charge >= 0.3 is 5.97 Å². The minimum atomic E-state index is -1.35. The Morgan fingerprint density at radius 1 is 0.582 bits per heavy atom. The van der Waals surface area contributed by atoms with E-state index < -0.39 is 11.9 Å². The van der Waals surface area contributed by atoms with Crippen LogP contribution in [-0.2, 0) is 10.8 Å². The number of aromatic amines is 1. The number of carboxylic acid groups (broad SMARTS) is 2. The largest absolute Gasteiger partial charge is 0.545 e. The molecule has 352 valence electrons. The molecule has 0 saturated carbocycles. The Hall–Kier alpha value is -5.11. The van der Waals surface area contributed by atoms with E-state index in [4.69, 9.17) is 46.4 Å². The van der Waals surface area contributed by atoms with E-state index in [0.717, 1.165) is 55.3 Å². The second kappa shape index (κ2) is 22.8.